The lowest BCUT2D eigenvalue weighted by atomic mass is 10.0. The summed E-state index contributed by atoms with van der Waals surface area (Å²) >= 11 is 12.1. The maximum atomic E-state index is 6.13. The van der Waals surface area contributed by atoms with Crippen LogP contribution in [-0.2, 0) is 6.54 Å². The number of alkyl halides is 1. The molecule has 1 aromatic rings. The molecule has 86 valence electrons. The number of aryl methyl sites for hydroxylation is 1. The standard InChI is InChI=1S/C11H18Cl2N2/c1-4-5-15-11(10(13)7-14-15)8(2)6-9(3)12/h7-9H,4-6H2,1-3H3. The van der Waals surface area contributed by atoms with Crippen molar-refractivity contribution < 1.29 is 0 Å². The quantitative estimate of drug-likeness (QED) is 0.719. The van der Waals surface area contributed by atoms with Crippen LogP contribution in [0.5, 0.6) is 0 Å². The largest absolute Gasteiger partial charge is 0.268 e. The van der Waals surface area contributed by atoms with Crippen molar-refractivity contribution in [2.24, 2.45) is 0 Å². The van der Waals surface area contributed by atoms with Crippen LogP contribution in [0.1, 0.15) is 45.2 Å². The summed E-state index contributed by atoms with van der Waals surface area (Å²) in [6, 6.07) is 0. The lowest BCUT2D eigenvalue weighted by Crippen LogP contribution is -2.10. The summed E-state index contributed by atoms with van der Waals surface area (Å²) < 4.78 is 1.99. The maximum absolute atomic E-state index is 6.13. The topological polar surface area (TPSA) is 17.8 Å². The molecule has 4 heteroatoms. The fourth-order valence-electron chi connectivity index (χ4n) is 1.85. The van der Waals surface area contributed by atoms with Gasteiger partial charge in [0.05, 0.1) is 16.9 Å². The molecule has 2 unspecified atom stereocenters. The summed E-state index contributed by atoms with van der Waals surface area (Å²) in [5.41, 5.74) is 1.12. The van der Waals surface area contributed by atoms with Crippen molar-refractivity contribution in [3.05, 3.63) is 16.9 Å². The second-order valence-electron chi connectivity index (χ2n) is 4.02. The molecule has 0 saturated heterocycles. The zero-order valence-corrected chi connectivity index (χ0v) is 11.0. The zero-order chi connectivity index (χ0) is 11.4. The summed E-state index contributed by atoms with van der Waals surface area (Å²) in [5.74, 6) is 0.360. The molecule has 0 spiro atoms. The fourth-order valence-corrected chi connectivity index (χ4v) is 2.45. The van der Waals surface area contributed by atoms with Gasteiger partial charge in [-0.3, -0.25) is 4.68 Å². The van der Waals surface area contributed by atoms with Crippen LogP contribution in [0.4, 0.5) is 0 Å². The third-order valence-electron chi connectivity index (χ3n) is 2.41. The second kappa shape index (κ2) is 5.76. The van der Waals surface area contributed by atoms with Gasteiger partial charge in [-0.05, 0) is 19.8 Å². The van der Waals surface area contributed by atoms with Gasteiger partial charge in [-0.2, -0.15) is 5.10 Å². The van der Waals surface area contributed by atoms with E-state index < -0.39 is 0 Å². The molecular weight excluding hydrogens is 231 g/mol. The minimum absolute atomic E-state index is 0.168. The average molecular weight is 249 g/mol. The van der Waals surface area contributed by atoms with E-state index in [0.29, 0.717) is 5.92 Å². The molecule has 0 N–H and O–H groups in total. The number of hydrogen-bond acceptors (Lipinski definition) is 1. The highest BCUT2D eigenvalue weighted by Crippen LogP contribution is 2.28. The third kappa shape index (κ3) is 3.39. The molecule has 2 atom stereocenters. The maximum Gasteiger partial charge on any atom is 0.0820 e. The van der Waals surface area contributed by atoms with Gasteiger partial charge >= 0.3 is 0 Å². The van der Waals surface area contributed by atoms with Crippen LogP contribution in [0.3, 0.4) is 0 Å². The second-order valence-corrected chi connectivity index (χ2v) is 5.17. The van der Waals surface area contributed by atoms with Crippen LogP contribution in [0.25, 0.3) is 0 Å². The Balaban J connectivity index is 2.85. The van der Waals surface area contributed by atoms with Crippen LogP contribution in [0.2, 0.25) is 5.02 Å². The van der Waals surface area contributed by atoms with Gasteiger partial charge in [0, 0.05) is 17.8 Å². The van der Waals surface area contributed by atoms with Crippen LogP contribution in [0.15, 0.2) is 6.20 Å². The molecule has 0 aliphatic rings. The summed E-state index contributed by atoms with van der Waals surface area (Å²) in [6.45, 7) is 7.21. The monoisotopic (exact) mass is 248 g/mol. The van der Waals surface area contributed by atoms with E-state index in [4.69, 9.17) is 23.2 Å². The van der Waals surface area contributed by atoms with Crippen LogP contribution >= 0.6 is 23.2 Å². The lowest BCUT2D eigenvalue weighted by Gasteiger charge is -2.15. The predicted octanol–water partition coefficient (Wildman–Crippen LogP) is 4.07. The molecule has 0 saturated carbocycles. The lowest BCUT2D eigenvalue weighted by molar-refractivity contribution is 0.531. The van der Waals surface area contributed by atoms with Crippen molar-refractivity contribution in [2.75, 3.05) is 0 Å². The molecule has 0 fully saturated rings. The van der Waals surface area contributed by atoms with Crippen molar-refractivity contribution in [1.82, 2.24) is 9.78 Å². The highest BCUT2D eigenvalue weighted by molar-refractivity contribution is 6.31. The molecule has 0 bridgehead atoms. The van der Waals surface area contributed by atoms with Crippen molar-refractivity contribution >= 4 is 23.2 Å². The highest BCUT2D eigenvalue weighted by atomic mass is 35.5. The van der Waals surface area contributed by atoms with E-state index in [1.54, 1.807) is 6.20 Å². The predicted molar refractivity (Wildman–Crippen MR) is 65.9 cm³/mol. The number of nitrogens with zero attached hydrogens (tertiary/aromatic N) is 2. The minimum Gasteiger partial charge on any atom is -0.268 e. The van der Waals surface area contributed by atoms with Crippen LogP contribution < -0.4 is 0 Å². The van der Waals surface area contributed by atoms with Crippen LogP contribution in [-0.4, -0.2) is 15.2 Å². The Morgan fingerprint density at radius 1 is 1.47 bits per heavy atom. The van der Waals surface area contributed by atoms with E-state index in [1.807, 2.05) is 11.6 Å². The summed E-state index contributed by atoms with van der Waals surface area (Å²) in [7, 11) is 0. The molecule has 1 heterocycles. The number of halogens is 2. The molecular formula is C11H18Cl2N2. The summed E-state index contributed by atoms with van der Waals surface area (Å²) in [4.78, 5) is 0. The summed E-state index contributed by atoms with van der Waals surface area (Å²) in [5, 5.41) is 5.20. The van der Waals surface area contributed by atoms with Gasteiger partial charge in [0.15, 0.2) is 0 Å². The van der Waals surface area contributed by atoms with Crippen LogP contribution in [0, 0.1) is 0 Å². The van der Waals surface area contributed by atoms with Gasteiger partial charge in [0.2, 0.25) is 0 Å². The Labute approximate surface area is 102 Å². The third-order valence-corrected chi connectivity index (χ3v) is 2.88. The fraction of sp³-hybridized carbons (Fsp3) is 0.727. The Morgan fingerprint density at radius 2 is 2.13 bits per heavy atom. The van der Waals surface area contributed by atoms with E-state index in [-0.39, 0.29) is 5.38 Å². The van der Waals surface area contributed by atoms with E-state index in [9.17, 15) is 0 Å². The van der Waals surface area contributed by atoms with E-state index >= 15 is 0 Å². The smallest absolute Gasteiger partial charge is 0.0820 e. The normalized spacial score (nSPS) is 15.3. The highest BCUT2D eigenvalue weighted by Gasteiger charge is 2.17. The molecule has 0 amide bonds. The van der Waals surface area contributed by atoms with E-state index in [1.165, 1.54) is 0 Å². The molecule has 0 aliphatic heterocycles. The Bertz CT molecular complexity index is 308. The zero-order valence-electron chi connectivity index (χ0n) is 9.50. The molecule has 1 rings (SSSR count). The first kappa shape index (κ1) is 12.9. The van der Waals surface area contributed by atoms with Crippen molar-refractivity contribution in [1.29, 1.82) is 0 Å². The van der Waals surface area contributed by atoms with Gasteiger partial charge < -0.3 is 0 Å². The first-order chi connectivity index (χ1) is 7.06. The minimum atomic E-state index is 0.168. The molecule has 0 radical (unpaired) electrons. The van der Waals surface area contributed by atoms with Crippen molar-refractivity contribution in [3.63, 3.8) is 0 Å². The van der Waals surface area contributed by atoms with E-state index in [0.717, 1.165) is 30.1 Å². The summed E-state index contributed by atoms with van der Waals surface area (Å²) in [6.07, 6.45) is 3.72. The van der Waals surface area contributed by atoms with Gasteiger partial charge in [-0.1, -0.05) is 25.4 Å². The number of aromatic nitrogens is 2. The Morgan fingerprint density at radius 3 is 2.67 bits per heavy atom. The molecule has 15 heavy (non-hydrogen) atoms. The molecule has 0 aromatic carbocycles. The number of hydrogen-bond donors (Lipinski definition) is 0. The SMILES string of the molecule is CCCn1ncc(Cl)c1C(C)CC(C)Cl. The Kier molecular flexibility index (Phi) is 4.94. The number of rotatable bonds is 5. The Hall–Kier alpha value is -0.210. The average Bonchev–Trinajstić information content (AvgIpc) is 2.46. The van der Waals surface area contributed by atoms with Gasteiger partial charge in [0.25, 0.3) is 0 Å². The van der Waals surface area contributed by atoms with E-state index in [2.05, 4.69) is 18.9 Å². The van der Waals surface area contributed by atoms with Gasteiger partial charge in [-0.15, -0.1) is 11.6 Å². The van der Waals surface area contributed by atoms with Crippen molar-refractivity contribution in [3.8, 4) is 0 Å². The molecule has 2 nitrogen and oxygen atoms in total. The van der Waals surface area contributed by atoms with Crippen molar-refractivity contribution in [2.45, 2.75) is 51.5 Å². The van der Waals surface area contributed by atoms with Gasteiger partial charge in [0.1, 0.15) is 0 Å². The first-order valence-electron chi connectivity index (χ1n) is 5.41. The molecule has 1 aromatic heterocycles. The molecule has 0 aliphatic carbocycles. The van der Waals surface area contributed by atoms with Gasteiger partial charge in [-0.25, -0.2) is 0 Å². The first-order valence-corrected chi connectivity index (χ1v) is 6.23.